The molecule has 148 valence electrons. The molecule has 1 heterocycles. The van der Waals surface area contributed by atoms with Crippen LogP contribution in [0.3, 0.4) is 0 Å². The lowest BCUT2D eigenvalue weighted by Gasteiger charge is -2.09. The van der Waals surface area contributed by atoms with Gasteiger partial charge in [0, 0.05) is 10.9 Å². The number of nitrogens with zero attached hydrogens (tertiary/aromatic N) is 3. The highest BCUT2D eigenvalue weighted by atomic mass is 16.1. The number of rotatable bonds is 4. The van der Waals surface area contributed by atoms with Crippen molar-refractivity contribution in [1.29, 1.82) is 0 Å². The topological polar surface area (TPSA) is 47.2 Å². The van der Waals surface area contributed by atoms with Gasteiger partial charge >= 0.3 is 0 Å². The van der Waals surface area contributed by atoms with Crippen molar-refractivity contribution in [2.24, 2.45) is 5.10 Å². The molecule has 4 aromatic carbocycles. The SMILES string of the molecule is O=c1c2ccccc2c(-c2ccc(-c3ccccc3)cc2)nn1/N=C/c1ccccc1. The Morgan fingerprint density at radius 1 is 0.613 bits per heavy atom. The van der Waals surface area contributed by atoms with E-state index in [4.69, 9.17) is 0 Å². The summed E-state index contributed by atoms with van der Waals surface area (Å²) in [5.74, 6) is 0. The number of aromatic nitrogens is 2. The lowest BCUT2D eigenvalue weighted by atomic mass is 10.0. The standard InChI is InChI=1S/C27H19N3O/c31-27-25-14-8-7-13-24(25)26(29-30(27)28-19-20-9-3-1-4-10-20)23-17-15-22(16-18-23)21-11-5-2-6-12-21/h1-19H/b28-19+. The van der Waals surface area contributed by atoms with Gasteiger partial charge in [0.15, 0.2) is 0 Å². The molecule has 0 saturated heterocycles. The fourth-order valence-electron chi connectivity index (χ4n) is 3.58. The van der Waals surface area contributed by atoms with E-state index in [0.29, 0.717) is 5.39 Å². The average Bonchev–Trinajstić information content (AvgIpc) is 2.85. The van der Waals surface area contributed by atoms with Crippen molar-refractivity contribution >= 4 is 17.0 Å². The summed E-state index contributed by atoms with van der Waals surface area (Å²) in [7, 11) is 0. The Hall–Kier alpha value is -4.31. The molecule has 0 radical (unpaired) electrons. The van der Waals surface area contributed by atoms with E-state index >= 15 is 0 Å². The molecule has 0 saturated carbocycles. The van der Waals surface area contributed by atoms with Crippen LogP contribution in [-0.4, -0.2) is 16.1 Å². The van der Waals surface area contributed by atoms with Crippen LogP contribution >= 0.6 is 0 Å². The Bertz CT molecular complexity index is 1420. The monoisotopic (exact) mass is 401 g/mol. The van der Waals surface area contributed by atoms with Gasteiger partial charge in [0.2, 0.25) is 0 Å². The van der Waals surface area contributed by atoms with Crippen LogP contribution in [0.5, 0.6) is 0 Å². The minimum Gasteiger partial charge on any atom is -0.265 e. The maximum absolute atomic E-state index is 13.0. The molecule has 0 aliphatic rings. The van der Waals surface area contributed by atoms with Crippen LogP contribution in [0.25, 0.3) is 33.2 Å². The summed E-state index contributed by atoms with van der Waals surface area (Å²) >= 11 is 0. The zero-order valence-electron chi connectivity index (χ0n) is 16.7. The molecular weight excluding hydrogens is 382 g/mol. The van der Waals surface area contributed by atoms with E-state index in [1.54, 1.807) is 6.21 Å². The van der Waals surface area contributed by atoms with E-state index in [0.717, 1.165) is 33.3 Å². The molecule has 0 spiro atoms. The average molecular weight is 401 g/mol. The quantitative estimate of drug-likeness (QED) is 0.367. The van der Waals surface area contributed by atoms with Gasteiger partial charge in [-0.2, -0.15) is 5.10 Å². The number of hydrogen-bond donors (Lipinski definition) is 0. The molecule has 5 rings (SSSR count). The lowest BCUT2D eigenvalue weighted by Crippen LogP contribution is -2.20. The van der Waals surface area contributed by atoms with E-state index in [2.05, 4.69) is 34.5 Å². The van der Waals surface area contributed by atoms with Crippen molar-refractivity contribution in [3.05, 3.63) is 125 Å². The number of fused-ring (bicyclic) bond motifs is 1. The van der Waals surface area contributed by atoms with Gasteiger partial charge in [-0.05, 0) is 22.8 Å². The summed E-state index contributed by atoms with van der Waals surface area (Å²) in [5, 5.41) is 10.3. The zero-order chi connectivity index (χ0) is 21.0. The first-order valence-corrected chi connectivity index (χ1v) is 10.1. The van der Waals surface area contributed by atoms with Gasteiger partial charge < -0.3 is 0 Å². The van der Waals surface area contributed by atoms with Crippen LogP contribution in [0.4, 0.5) is 0 Å². The molecule has 0 fully saturated rings. The molecule has 5 aromatic rings. The van der Waals surface area contributed by atoms with Crippen LogP contribution in [0.2, 0.25) is 0 Å². The zero-order valence-corrected chi connectivity index (χ0v) is 16.7. The van der Waals surface area contributed by atoms with Gasteiger partial charge in [-0.1, -0.05) is 103 Å². The fraction of sp³-hybridized carbons (Fsp3) is 0. The van der Waals surface area contributed by atoms with Crippen LogP contribution in [0, 0.1) is 0 Å². The normalized spacial score (nSPS) is 11.2. The second kappa shape index (κ2) is 8.20. The maximum atomic E-state index is 13.0. The van der Waals surface area contributed by atoms with E-state index < -0.39 is 0 Å². The van der Waals surface area contributed by atoms with Crippen molar-refractivity contribution in [2.45, 2.75) is 0 Å². The summed E-state index contributed by atoms with van der Waals surface area (Å²) in [6, 6.07) is 35.6. The summed E-state index contributed by atoms with van der Waals surface area (Å²) in [5.41, 5.74) is 4.60. The van der Waals surface area contributed by atoms with Gasteiger partial charge in [-0.15, -0.1) is 9.89 Å². The number of hydrogen-bond acceptors (Lipinski definition) is 3. The van der Waals surface area contributed by atoms with Crippen molar-refractivity contribution in [1.82, 2.24) is 9.89 Å². The second-order valence-corrected chi connectivity index (χ2v) is 7.19. The van der Waals surface area contributed by atoms with Gasteiger partial charge in [0.05, 0.1) is 11.6 Å². The predicted octanol–water partition coefficient (Wildman–Crippen LogP) is 5.61. The van der Waals surface area contributed by atoms with Crippen molar-refractivity contribution in [3.8, 4) is 22.4 Å². The highest BCUT2D eigenvalue weighted by Gasteiger charge is 2.12. The first-order chi connectivity index (χ1) is 15.3. The molecule has 0 unspecified atom stereocenters. The minimum absolute atomic E-state index is 0.243. The Morgan fingerprint density at radius 2 is 1.16 bits per heavy atom. The largest absolute Gasteiger partial charge is 0.295 e. The highest BCUT2D eigenvalue weighted by molar-refractivity contribution is 5.94. The minimum atomic E-state index is -0.243. The van der Waals surface area contributed by atoms with Gasteiger partial charge in [-0.25, -0.2) is 0 Å². The van der Waals surface area contributed by atoms with E-state index in [1.807, 2.05) is 84.9 Å². The third kappa shape index (κ3) is 3.79. The Labute approximate surface area is 179 Å². The first kappa shape index (κ1) is 18.7. The fourth-order valence-corrected chi connectivity index (χ4v) is 3.58. The molecule has 0 aliphatic carbocycles. The predicted molar refractivity (Wildman–Crippen MR) is 126 cm³/mol. The molecular formula is C27H19N3O. The van der Waals surface area contributed by atoms with E-state index in [-0.39, 0.29) is 5.56 Å². The van der Waals surface area contributed by atoms with Crippen LogP contribution in [0.1, 0.15) is 5.56 Å². The smallest absolute Gasteiger partial charge is 0.265 e. The first-order valence-electron chi connectivity index (χ1n) is 10.1. The molecule has 0 amide bonds. The van der Waals surface area contributed by atoms with Crippen LogP contribution in [-0.2, 0) is 0 Å². The number of benzene rings is 4. The van der Waals surface area contributed by atoms with Crippen LogP contribution in [0.15, 0.2) is 119 Å². The van der Waals surface area contributed by atoms with Gasteiger partial charge in [0.1, 0.15) is 5.69 Å². The highest BCUT2D eigenvalue weighted by Crippen LogP contribution is 2.27. The van der Waals surface area contributed by atoms with Gasteiger partial charge in [0.25, 0.3) is 5.56 Å². The van der Waals surface area contributed by atoms with Crippen molar-refractivity contribution < 1.29 is 0 Å². The molecule has 4 heteroatoms. The van der Waals surface area contributed by atoms with Crippen molar-refractivity contribution in [2.75, 3.05) is 0 Å². The Kier molecular flexibility index (Phi) is 4.95. The summed E-state index contributed by atoms with van der Waals surface area (Å²) in [4.78, 5) is 14.1. The molecule has 0 N–H and O–H groups in total. The van der Waals surface area contributed by atoms with Crippen LogP contribution < -0.4 is 5.56 Å². The summed E-state index contributed by atoms with van der Waals surface area (Å²) < 4.78 is 0. The molecule has 1 aromatic heterocycles. The maximum Gasteiger partial charge on any atom is 0.295 e. The second-order valence-electron chi connectivity index (χ2n) is 7.19. The third-order valence-corrected chi connectivity index (χ3v) is 5.17. The molecule has 4 nitrogen and oxygen atoms in total. The third-order valence-electron chi connectivity index (χ3n) is 5.17. The molecule has 0 atom stereocenters. The van der Waals surface area contributed by atoms with Crippen molar-refractivity contribution in [3.63, 3.8) is 0 Å². The van der Waals surface area contributed by atoms with E-state index in [9.17, 15) is 4.79 Å². The molecule has 0 bridgehead atoms. The lowest BCUT2D eigenvalue weighted by molar-refractivity contribution is 0.702. The summed E-state index contributed by atoms with van der Waals surface area (Å²) in [6.07, 6.45) is 1.64. The Balaban J connectivity index is 1.62. The van der Waals surface area contributed by atoms with E-state index in [1.165, 1.54) is 4.79 Å². The van der Waals surface area contributed by atoms with Gasteiger partial charge in [-0.3, -0.25) is 4.79 Å². The summed E-state index contributed by atoms with van der Waals surface area (Å²) in [6.45, 7) is 0. The molecule has 0 aliphatic heterocycles. The Morgan fingerprint density at radius 3 is 1.87 bits per heavy atom. The molecule has 31 heavy (non-hydrogen) atoms.